The second-order valence-corrected chi connectivity index (χ2v) is 5.39. The van der Waals surface area contributed by atoms with Gasteiger partial charge in [0, 0.05) is 25.1 Å². The molecule has 3 heterocycles. The Balaban J connectivity index is 1.76. The van der Waals surface area contributed by atoms with Gasteiger partial charge in [-0.3, -0.25) is 4.79 Å². The van der Waals surface area contributed by atoms with E-state index in [1.807, 2.05) is 4.90 Å². The number of amides is 1. The number of anilines is 1. The monoisotopic (exact) mass is 313 g/mol. The summed E-state index contributed by atoms with van der Waals surface area (Å²) in [5.74, 6) is 0.959. The van der Waals surface area contributed by atoms with Crippen LogP contribution in [-0.2, 0) is 6.54 Å². The number of aliphatic hydroxyl groups excluding tert-OH is 1. The molecule has 120 valence electrons. The maximum atomic E-state index is 12.5. The highest BCUT2D eigenvalue weighted by Gasteiger charge is 2.28. The molecule has 2 N–H and O–H groups in total. The minimum atomic E-state index is -0.218. The van der Waals surface area contributed by atoms with E-state index in [1.165, 1.54) is 0 Å². The molecule has 0 saturated carbocycles. The number of carbonyl (C=O) groups is 1. The number of aromatic nitrogens is 3. The van der Waals surface area contributed by atoms with E-state index < -0.39 is 0 Å². The van der Waals surface area contributed by atoms with Crippen LogP contribution in [0.25, 0.3) is 0 Å². The third-order valence-corrected chi connectivity index (χ3v) is 3.92. The number of hydrogen-bond acceptors (Lipinski definition) is 6. The van der Waals surface area contributed by atoms with Gasteiger partial charge in [0.15, 0.2) is 0 Å². The minimum absolute atomic E-state index is 0.0221. The zero-order valence-corrected chi connectivity index (χ0v) is 12.7. The molecular formula is C16H19N5O2. The van der Waals surface area contributed by atoms with Gasteiger partial charge < -0.3 is 15.3 Å². The number of nitrogens with zero attached hydrogens (tertiary/aromatic N) is 4. The zero-order chi connectivity index (χ0) is 16.1. The molecule has 0 spiro atoms. The van der Waals surface area contributed by atoms with Gasteiger partial charge in [-0.05, 0) is 31.0 Å². The number of hydrogen-bond donors (Lipinski definition) is 2. The highest BCUT2D eigenvalue weighted by Crippen LogP contribution is 2.26. The lowest BCUT2D eigenvalue weighted by molar-refractivity contribution is 0.0950. The Morgan fingerprint density at radius 1 is 1.26 bits per heavy atom. The largest absolute Gasteiger partial charge is 0.394 e. The van der Waals surface area contributed by atoms with E-state index in [4.69, 9.17) is 0 Å². The maximum Gasteiger partial charge on any atom is 0.255 e. The van der Waals surface area contributed by atoms with Crippen molar-refractivity contribution in [2.24, 2.45) is 0 Å². The summed E-state index contributed by atoms with van der Waals surface area (Å²) in [6.45, 7) is 1.12. The molecule has 7 heteroatoms. The summed E-state index contributed by atoms with van der Waals surface area (Å²) >= 11 is 0. The van der Waals surface area contributed by atoms with Gasteiger partial charge in [0.05, 0.1) is 24.8 Å². The van der Waals surface area contributed by atoms with Crippen LogP contribution < -0.4 is 10.2 Å². The average Bonchev–Trinajstić information content (AvgIpc) is 3.09. The lowest BCUT2D eigenvalue weighted by Gasteiger charge is -2.25. The van der Waals surface area contributed by atoms with E-state index >= 15 is 0 Å². The first kappa shape index (κ1) is 15.4. The van der Waals surface area contributed by atoms with Crippen molar-refractivity contribution in [2.75, 3.05) is 18.1 Å². The van der Waals surface area contributed by atoms with Crippen molar-refractivity contribution in [3.63, 3.8) is 0 Å². The maximum absolute atomic E-state index is 12.5. The standard InChI is InChI=1S/C16H19N5O2/c22-11-12-4-2-9-21(12)15-13(5-1-6-19-15)16(23)20-10-14-17-7-3-8-18-14/h1,3,5-8,12,22H,2,4,9-11H2,(H,20,23). The molecule has 1 aliphatic rings. The van der Waals surface area contributed by atoms with Gasteiger partial charge in [0.25, 0.3) is 5.91 Å². The summed E-state index contributed by atoms with van der Waals surface area (Å²) in [7, 11) is 0. The van der Waals surface area contributed by atoms with Crippen molar-refractivity contribution < 1.29 is 9.90 Å². The second kappa shape index (κ2) is 7.15. The van der Waals surface area contributed by atoms with Crippen LogP contribution in [0.2, 0.25) is 0 Å². The van der Waals surface area contributed by atoms with Gasteiger partial charge in [-0.25, -0.2) is 15.0 Å². The molecule has 1 fully saturated rings. The van der Waals surface area contributed by atoms with E-state index in [1.54, 1.807) is 36.8 Å². The predicted molar refractivity (Wildman–Crippen MR) is 84.9 cm³/mol. The number of aliphatic hydroxyl groups is 1. The van der Waals surface area contributed by atoms with Crippen molar-refractivity contribution in [3.05, 3.63) is 48.2 Å². The molecule has 1 aliphatic heterocycles. The van der Waals surface area contributed by atoms with Crippen molar-refractivity contribution in [3.8, 4) is 0 Å². The Morgan fingerprint density at radius 2 is 2.04 bits per heavy atom. The first-order chi connectivity index (χ1) is 11.3. The normalized spacial score (nSPS) is 17.3. The molecule has 0 radical (unpaired) electrons. The first-order valence-corrected chi connectivity index (χ1v) is 7.66. The Kier molecular flexibility index (Phi) is 4.77. The van der Waals surface area contributed by atoms with Crippen LogP contribution in [0.4, 0.5) is 5.82 Å². The molecule has 7 nitrogen and oxygen atoms in total. The van der Waals surface area contributed by atoms with Gasteiger partial charge in [0.2, 0.25) is 0 Å². The van der Waals surface area contributed by atoms with E-state index in [0.29, 0.717) is 17.2 Å². The quantitative estimate of drug-likeness (QED) is 0.847. The van der Waals surface area contributed by atoms with Gasteiger partial charge in [-0.2, -0.15) is 0 Å². The molecular weight excluding hydrogens is 294 g/mol. The fraction of sp³-hybridized carbons (Fsp3) is 0.375. The van der Waals surface area contributed by atoms with Crippen molar-refractivity contribution in [1.29, 1.82) is 0 Å². The van der Waals surface area contributed by atoms with Crippen LogP contribution in [0.15, 0.2) is 36.8 Å². The average molecular weight is 313 g/mol. The van der Waals surface area contributed by atoms with E-state index in [-0.39, 0.29) is 25.1 Å². The van der Waals surface area contributed by atoms with E-state index in [9.17, 15) is 9.90 Å². The minimum Gasteiger partial charge on any atom is -0.394 e. The molecule has 1 saturated heterocycles. The number of nitrogens with one attached hydrogen (secondary N) is 1. The Bertz CT molecular complexity index is 665. The lowest BCUT2D eigenvalue weighted by Crippen LogP contribution is -2.35. The molecule has 1 unspecified atom stereocenters. The fourth-order valence-electron chi connectivity index (χ4n) is 2.78. The predicted octanol–water partition coefficient (Wildman–Crippen LogP) is 0.763. The molecule has 0 bridgehead atoms. The van der Waals surface area contributed by atoms with Crippen LogP contribution >= 0.6 is 0 Å². The van der Waals surface area contributed by atoms with Crippen LogP contribution in [0.5, 0.6) is 0 Å². The van der Waals surface area contributed by atoms with Gasteiger partial charge in [-0.1, -0.05) is 0 Å². The van der Waals surface area contributed by atoms with Crippen LogP contribution in [-0.4, -0.2) is 45.2 Å². The van der Waals surface area contributed by atoms with Gasteiger partial charge >= 0.3 is 0 Å². The number of pyridine rings is 1. The first-order valence-electron chi connectivity index (χ1n) is 7.66. The summed E-state index contributed by atoms with van der Waals surface area (Å²) in [5, 5.41) is 12.3. The van der Waals surface area contributed by atoms with Crippen LogP contribution in [0, 0.1) is 0 Å². The lowest BCUT2D eigenvalue weighted by atomic mass is 10.2. The molecule has 0 aromatic carbocycles. The topological polar surface area (TPSA) is 91.2 Å². The molecule has 1 amide bonds. The van der Waals surface area contributed by atoms with Crippen LogP contribution in [0.3, 0.4) is 0 Å². The molecule has 2 aromatic heterocycles. The summed E-state index contributed by atoms with van der Waals surface area (Å²) in [6.07, 6.45) is 6.84. The summed E-state index contributed by atoms with van der Waals surface area (Å²) in [6, 6.07) is 5.24. The molecule has 23 heavy (non-hydrogen) atoms. The van der Waals surface area contributed by atoms with Gasteiger partial charge in [0.1, 0.15) is 11.6 Å². The third-order valence-electron chi connectivity index (χ3n) is 3.92. The summed E-state index contributed by atoms with van der Waals surface area (Å²) in [4.78, 5) is 27.0. The second-order valence-electron chi connectivity index (χ2n) is 5.39. The molecule has 1 atom stereocenters. The molecule has 0 aliphatic carbocycles. The SMILES string of the molecule is O=C(NCc1ncccn1)c1cccnc1N1CCCC1CO. The highest BCUT2D eigenvalue weighted by molar-refractivity contribution is 5.98. The van der Waals surface area contributed by atoms with Crippen LogP contribution in [0.1, 0.15) is 29.0 Å². The smallest absolute Gasteiger partial charge is 0.255 e. The van der Waals surface area contributed by atoms with E-state index in [2.05, 4.69) is 20.3 Å². The summed E-state index contributed by atoms with van der Waals surface area (Å²) in [5.41, 5.74) is 0.504. The van der Waals surface area contributed by atoms with Crippen molar-refractivity contribution in [2.45, 2.75) is 25.4 Å². The number of carbonyl (C=O) groups excluding carboxylic acids is 1. The Morgan fingerprint density at radius 3 is 2.83 bits per heavy atom. The van der Waals surface area contributed by atoms with Gasteiger partial charge in [-0.15, -0.1) is 0 Å². The Hall–Kier alpha value is -2.54. The zero-order valence-electron chi connectivity index (χ0n) is 12.7. The summed E-state index contributed by atoms with van der Waals surface area (Å²) < 4.78 is 0. The van der Waals surface area contributed by atoms with Crippen molar-refractivity contribution in [1.82, 2.24) is 20.3 Å². The highest BCUT2D eigenvalue weighted by atomic mass is 16.3. The number of rotatable bonds is 5. The molecule has 2 aromatic rings. The third kappa shape index (κ3) is 3.45. The van der Waals surface area contributed by atoms with Crippen molar-refractivity contribution >= 4 is 11.7 Å². The fourth-order valence-corrected chi connectivity index (χ4v) is 2.78. The van der Waals surface area contributed by atoms with E-state index in [0.717, 1.165) is 19.4 Å². The molecule has 3 rings (SSSR count). The Labute approximate surface area is 134 Å².